The average molecular weight is 277 g/mol. The van der Waals surface area contributed by atoms with Crippen LogP contribution in [0.2, 0.25) is 5.15 Å². The van der Waals surface area contributed by atoms with Gasteiger partial charge in [-0.05, 0) is 43.9 Å². The van der Waals surface area contributed by atoms with Gasteiger partial charge in [0.15, 0.2) is 0 Å². The monoisotopic (exact) mass is 276 g/mol. The molecule has 2 aliphatic rings. The number of anilines is 1. The molecule has 0 bridgehead atoms. The fourth-order valence-corrected chi connectivity index (χ4v) is 2.91. The van der Waals surface area contributed by atoms with E-state index in [0.29, 0.717) is 22.5 Å². The minimum absolute atomic E-state index is 0.368. The molecule has 1 saturated carbocycles. The summed E-state index contributed by atoms with van der Waals surface area (Å²) in [5, 5.41) is 12.6. The lowest BCUT2D eigenvalue weighted by molar-refractivity contribution is 0.316. The molecule has 19 heavy (non-hydrogen) atoms. The quantitative estimate of drug-likeness (QED) is 0.859. The summed E-state index contributed by atoms with van der Waals surface area (Å²) in [6.07, 6.45) is 4.00. The topological polar surface area (TPSA) is 52.0 Å². The number of pyridine rings is 1. The van der Waals surface area contributed by atoms with E-state index in [0.717, 1.165) is 12.6 Å². The van der Waals surface area contributed by atoms with Gasteiger partial charge in [0.1, 0.15) is 11.0 Å². The van der Waals surface area contributed by atoms with Crippen molar-refractivity contribution in [3.63, 3.8) is 0 Å². The minimum Gasteiger partial charge on any atom is -0.370 e. The number of nitrogens with one attached hydrogen (secondary N) is 1. The molecule has 1 aliphatic heterocycles. The molecular weight excluding hydrogens is 260 g/mol. The van der Waals surface area contributed by atoms with Gasteiger partial charge in [0.05, 0.1) is 11.6 Å². The van der Waals surface area contributed by atoms with E-state index in [4.69, 9.17) is 16.9 Å². The van der Waals surface area contributed by atoms with Crippen LogP contribution in [0, 0.1) is 17.2 Å². The van der Waals surface area contributed by atoms with Gasteiger partial charge in [0.25, 0.3) is 0 Å². The van der Waals surface area contributed by atoms with Crippen LogP contribution in [0.4, 0.5) is 5.82 Å². The first-order valence-corrected chi connectivity index (χ1v) is 7.18. The first-order valence-electron chi connectivity index (χ1n) is 6.80. The lowest BCUT2D eigenvalue weighted by Gasteiger charge is -2.15. The van der Waals surface area contributed by atoms with Crippen molar-refractivity contribution in [2.75, 3.05) is 25.0 Å². The van der Waals surface area contributed by atoms with E-state index in [1.807, 2.05) is 0 Å². The summed E-state index contributed by atoms with van der Waals surface area (Å²) in [5.74, 6) is 1.38. The van der Waals surface area contributed by atoms with E-state index in [9.17, 15) is 0 Å². The highest BCUT2D eigenvalue weighted by Crippen LogP contribution is 2.31. The fraction of sp³-hybridized carbons (Fsp3) is 0.571. The van der Waals surface area contributed by atoms with Gasteiger partial charge in [0.2, 0.25) is 0 Å². The smallest absolute Gasteiger partial charge is 0.132 e. The summed E-state index contributed by atoms with van der Waals surface area (Å²) in [4.78, 5) is 6.79. The molecule has 1 unspecified atom stereocenters. The van der Waals surface area contributed by atoms with Crippen molar-refractivity contribution in [1.82, 2.24) is 9.88 Å². The molecule has 100 valence electrons. The summed E-state index contributed by atoms with van der Waals surface area (Å²) in [5.41, 5.74) is 0.550. The van der Waals surface area contributed by atoms with Crippen LogP contribution >= 0.6 is 11.6 Å². The standard InChI is InChI=1S/C14H17ClN4/c15-13-5-11(7-16)6-14(18-13)17-8-10-3-4-19(9-10)12-1-2-12/h5-6,10,12H,1-4,8-9H2,(H,17,18). The van der Waals surface area contributed by atoms with E-state index in [-0.39, 0.29) is 0 Å². The first kappa shape index (κ1) is 12.7. The van der Waals surface area contributed by atoms with Crippen LogP contribution in [-0.4, -0.2) is 35.6 Å². The third-order valence-corrected chi connectivity index (χ3v) is 4.07. The molecule has 1 N–H and O–H groups in total. The van der Waals surface area contributed by atoms with Crippen molar-refractivity contribution < 1.29 is 0 Å². The Labute approximate surface area is 118 Å². The number of nitriles is 1. The maximum atomic E-state index is 8.90. The molecule has 5 heteroatoms. The van der Waals surface area contributed by atoms with Crippen molar-refractivity contribution in [1.29, 1.82) is 5.26 Å². The molecule has 2 heterocycles. The normalized spacial score (nSPS) is 23.3. The number of hydrogen-bond acceptors (Lipinski definition) is 4. The highest BCUT2D eigenvalue weighted by molar-refractivity contribution is 6.29. The summed E-state index contributed by atoms with van der Waals surface area (Å²) in [7, 11) is 0. The molecule has 0 radical (unpaired) electrons. The van der Waals surface area contributed by atoms with E-state index < -0.39 is 0 Å². The number of rotatable bonds is 4. The summed E-state index contributed by atoms with van der Waals surface area (Å²) >= 11 is 5.89. The molecule has 1 aliphatic carbocycles. The van der Waals surface area contributed by atoms with Crippen molar-refractivity contribution in [3.8, 4) is 6.07 Å². The van der Waals surface area contributed by atoms with Gasteiger partial charge < -0.3 is 10.2 Å². The zero-order valence-corrected chi connectivity index (χ0v) is 11.5. The van der Waals surface area contributed by atoms with E-state index >= 15 is 0 Å². The Morgan fingerprint density at radius 2 is 2.26 bits per heavy atom. The summed E-state index contributed by atoms with van der Waals surface area (Å²) in [6, 6.07) is 6.28. The predicted molar refractivity (Wildman–Crippen MR) is 75.2 cm³/mol. The second-order valence-corrected chi connectivity index (χ2v) is 5.82. The molecule has 0 amide bonds. The van der Waals surface area contributed by atoms with Crippen LogP contribution in [0.3, 0.4) is 0 Å². The van der Waals surface area contributed by atoms with Crippen molar-refractivity contribution >= 4 is 17.4 Å². The van der Waals surface area contributed by atoms with Gasteiger partial charge >= 0.3 is 0 Å². The molecule has 3 rings (SSSR count). The zero-order chi connectivity index (χ0) is 13.2. The Balaban J connectivity index is 1.54. The number of halogens is 1. The van der Waals surface area contributed by atoms with Crippen LogP contribution in [-0.2, 0) is 0 Å². The molecule has 1 aromatic heterocycles. The van der Waals surface area contributed by atoms with E-state index in [1.165, 1.54) is 32.4 Å². The highest BCUT2D eigenvalue weighted by atomic mass is 35.5. The Kier molecular flexibility index (Phi) is 3.58. The molecule has 1 atom stereocenters. The zero-order valence-electron chi connectivity index (χ0n) is 10.8. The van der Waals surface area contributed by atoms with E-state index in [2.05, 4.69) is 21.3 Å². The third kappa shape index (κ3) is 3.17. The van der Waals surface area contributed by atoms with Gasteiger partial charge in [-0.3, -0.25) is 0 Å². The number of nitrogens with zero attached hydrogens (tertiary/aromatic N) is 3. The molecule has 0 aromatic carbocycles. The van der Waals surface area contributed by atoms with Gasteiger partial charge in [-0.15, -0.1) is 0 Å². The van der Waals surface area contributed by atoms with Gasteiger partial charge in [-0.1, -0.05) is 11.6 Å². The summed E-state index contributed by atoms with van der Waals surface area (Å²) in [6.45, 7) is 3.31. The second-order valence-electron chi connectivity index (χ2n) is 5.44. The Morgan fingerprint density at radius 1 is 1.42 bits per heavy atom. The Hall–Kier alpha value is -1.31. The average Bonchev–Trinajstić information content (AvgIpc) is 3.15. The molecule has 0 spiro atoms. The predicted octanol–water partition coefficient (Wildman–Crippen LogP) is 2.50. The lowest BCUT2D eigenvalue weighted by Crippen LogP contribution is -2.24. The third-order valence-electron chi connectivity index (χ3n) is 3.88. The first-order chi connectivity index (χ1) is 9.24. The Bertz CT molecular complexity index is 507. The van der Waals surface area contributed by atoms with Gasteiger partial charge in [-0.2, -0.15) is 5.26 Å². The SMILES string of the molecule is N#Cc1cc(Cl)nc(NCC2CCN(C3CC3)C2)c1. The van der Waals surface area contributed by atoms with Crippen LogP contribution in [0.15, 0.2) is 12.1 Å². The van der Waals surface area contributed by atoms with Crippen molar-refractivity contribution in [2.45, 2.75) is 25.3 Å². The number of aromatic nitrogens is 1. The largest absolute Gasteiger partial charge is 0.370 e. The lowest BCUT2D eigenvalue weighted by atomic mass is 10.1. The van der Waals surface area contributed by atoms with Crippen LogP contribution in [0.5, 0.6) is 0 Å². The minimum atomic E-state index is 0.368. The van der Waals surface area contributed by atoms with Gasteiger partial charge in [-0.25, -0.2) is 4.98 Å². The number of hydrogen-bond donors (Lipinski definition) is 1. The summed E-state index contributed by atoms with van der Waals surface area (Å²) < 4.78 is 0. The van der Waals surface area contributed by atoms with Crippen molar-refractivity contribution in [3.05, 3.63) is 22.8 Å². The van der Waals surface area contributed by atoms with Crippen LogP contribution in [0.1, 0.15) is 24.8 Å². The van der Waals surface area contributed by atoms with E-state index in [1.54, 1.807) is 12.1 Å². The van der Waals surface area contributed by atoms with Gasteiger partial charge in [0, 0.05) is 19.1 Å². The molecule has 4 nitrogen and oxygen atoms in total. The molecule has 1 saturated heterocycles. The fourth-order valence-electron chi connectivity index (χ4n) is 2.70. The molecular formula is C14H17ClN4. The highest BCUT2D eigenvalue weighted by Gasteiger charge is 2.34. The second kappa shape index (κ2) is 5.36. The van der Waals surface area contributed by atoms with Crippen LogP contribution < -0.4 is 5.32 Å². The van der Waals surface area contributed by atoms with Crippen molar-refractivity contribution in [2.24, 2.45) is 5.92 Å². The van der Waals surface area contributed by atoms with Crippen LogP contribution in [0.25, 0.3) is 0 Å². The maximum Gasteiger partial charge on any atom is 0.132 e. The maximum absolute atomic E-state index is 8.90. The molecule has 2 fully saturated rings. The number of likely N-dealkylation sites (tertiary alicyclic amines) is 1. The molecule has 1 aromatic rings. The Morgan fingerprint density at radius 3 is 3.00 bits per heavy atom.